The van der Waals surface area contributed by atoms with Gasteiger partial charge in [0.1, 0.15) is 0 Å². The maximum absolute atomic E-state index is 12.4. The third-order valence-electron chi connectivity index (χ3n) is 3.81. The van der Waals surface area contributed by atoms with Gasteiger partial charge in [-0.1, -0.05) is 29.8 Å². The van der Waals surface area contributed by atoms with Crippen LogP contribution in [0.5, 0.6) is 0 Å². The van der Waals surface area contributed by atoms with Crippen molar-refractivity contribution < 1.29 is 22.8 Å². The largest absolute Gasteiger partial charge is 0.471 e. The van der Waals surface area contributed by atoms with Crippen LogP contribution in [-0.4, -0.2) is 36.0 Å². The van der Waals surface area contributed by atoms with E-state index in [0.717, 1.165) is 10.5 Å². The van der Waals surface area contributed by atoms with Gasteiger partial charge in [-0.05, 0) is 24.5 Å². The van der Waals surface area contributed by atoms with Crippen LogP contribution in [0.3, 0.4) is 0 Å². The summed E-state index contributed by atoms with van der Waals surface area (Å²) in [5.41, 5.74) is 0.771. The van der Waals surface area contributed by atoms with E-state index < -0.39 is 18.0 Å². The average molecular weight is 349 g/mol. The van der Waals surface area contributed by atoms with E-state index in [0.29, 0.717) is 5.02 Å². The number of halogens is 4. The van der Waals surface area contributed by atoms with Crippen molar-refractivity contribution in [3.63, 3.8) is 0 Å². The minimum atomic E-state index is -4.86. The van der Waals surface area contributed by atoms with E-state index in [2.05, 4.69) is 5.32 Å². The number of carbonyl (C=O) groups excluding carboxylic acids is 2. The molecule has 0 bridgehead atoms. The van der Waals surface area contributed by atoms with E-state index in [1.807, 2.05) is 0 Å². The number of nitrogens with zero attached hydrogens (tertiary/aromatic N) is 1. The Hall–Kier alpha value is -1.76. The molecule has 0 spiro atoms. The molecule has 1 heterocycles. The number of carbonyl (C=O) groups is 2. The highest BCUT2D eigenvalue weighted by molar-refractivity contribution is 6.31. The third-order valence-corrected chi connectivity index (χ3v) is 4.18. The van der Waals surface area contributed by atoms with Gasteiger partial charge < -0.3 is 10.2 Å². The molecule has 2 rings (SSSR count). The van der Waals surface area contributed by atoms with E-state index in [1.54, 1.807) is 24.3 Å². The van der Waals surface area contributed by atoms with E-state index in [4.69, 9.17) is 11.6 Å². The molecule has 0 aromatic heterocycles. The topological polar surface area (TPSA) is 49.4 Å². The van der Waals surface area contributed by atoms with Gasteiger partial charge in [0.2, 0.25) is 5.91 Å². The molecule has 23 heavy (non-hydrogen) atoms. The van der Waals surface area contributed by atoms with Gasteiger partial charge in [0.15, 0.2) is 0 Å². The van der Waals surface area contributed by atoms with E-state index in [1.165, 1.54) is 0 Å². The van der Waals surface area contributed by atoms with Gasteiger partial charge in [-0.2, -0.15) is 13.2 Å². The Kier molecular flexibility index (Phi) is 5.51. The van der Waals surface area contributed by atoms with Crippen LogP contribution >= 0.6 is 11.6 Å². The quantitative estimate of drug-likeness (QED) is 0.913. The normalized spacial score (nSPS) is 16.3. The van der Waals surface area contributed by atoms with Gasteiger partial charge in [-0.25, -0.2) is 0 Å². The van der Waals surface area contributed by atoms with Gasteiger partial charge >= 0.3 is 12.1 Å². The third kappa shape index (κ3) is 4.60. The molecule has 0 atom stereocenters. The first-order valence-corrected chi connectivity index (χ1v) is 7.54. The number of benzene rings is 1. The van der Waals surface area contributed by atoms with Crippen LogP contribution < -0.4 is 5.32 Å². The average Bonchev–Trinajstić information content (AvgIpc) is 2.52. The van der Waals surface area contributed by atoms with Crippen LogP contribution in [0.1, 0.15) is 18.4 Å². The van der Waals surface area contributed by atoms with Crippen LogP contribution in [0.4, 0.5) is 13.2 Å². The Morgan fingerprint density at radius 2 is 1.83 bits per heavy atom. The first kappa shape index (κ1) is 17.6. The highest BCUT2D eigenvalue weighted by Gasteiger charge is 2.43. The van der Waals surface area contributed by atoms with Crippen LogP contribution in [-0.2, 0) is 16.1 Å². The SMILES string of the molecule is O=C(NCc1ccccc1Cl)C1CCN(C(=O)C(F)(F)F)CC1. The summed E-state index contributed by atoms with van der Waals surface area (Å²) in [7, 11) is 0. The molecule has 8 heteroatoms. The molecule has 0 unspecified atom stereocenters. The summed E-state index contributed by atoms with van der Waals surface area (Å²) in [4.78, 5) is 24.0. The van der Waals surface area contributed by atoms with Crippen molar-refractivity contribution in [2.24, 2.45) is 5.92 Å². The molecule has 1 N–H and O–H groups in total. The van der Waals surface area contributed by atoms with Crippen molar-refractivity contribution in [2.45, 2.75) is 25.6 Å². The fourth-order valence-corrected chi connectivity index (χ4v) is 2.70. The second-order valence-electron chi connectivity index (χ2n) is 5.37. The summed E-state index contributed by atoms with van der Waals surface area (Å²) in [6.45, 7) is 0.130. The smallest absolute Gasteiger partial charge is 0.352 e. The lowest BCUT2D eigenvalue weighted by Gasteiger charge is -2.31. The first-order valence-electron chi connectivity index (χ1n) is 7.16. The monoisotopic (exact) mass is 348 g/mol. The predicted octanol–water partition coefficient (Wildman–Crippen LogP) is 2.76. The van der Waals surface area contributed by atoms with Gasteiger partial charge in [0.05, 0.1) is 0 Å². The fraction of sp³-hybridized carbons (Fsp3) is 0.467. The summed E-state index contributed by atoms with van der Waals surface area (Å²) in [5.74, 6) is -2.47. The summed E-state index contributed by atoms with van der Waals surface area (Å²) < 4.78 is 37.1. The lowest BCUT2D eigenvalue weighted by molar-refractivity contribution is -0.186. The molecule has 4 nitrogen and oxygen atoms in total. The maximum Gasteiger partial charge on any atom is 0.471 e. The Balaban J connectivity index is 1.82. The van der Waals surface area contributed by atoms with Crippen LogP contribution in [0, 0.1) is 5.92 Å². The van der Waals surface area contributed by atoms with Crippen molar-refractivity contribution >= 4 is 23.4 Å². The first-order chi connectivity index (χ1) is 10.8. The molecule has 2 amide bonds. The van der Waals surface area contributed by atoms with Crippen molar-refractivity contribution in [1.29, 1.82) is 0 Å². The Morgan fingerprint density at radius 3 is 2.39 bits per heavy atom. The van der Waals surface area contributed by atoms with Crippen LogP contribution in [0.15, 0.2) is 24.3 Å². The molecule has 1 aliphatic heterocycles. The van der Waals surface area contributed by atoms with E-state index in [-0.39, 0.29) is 38.4 Å². The van der Waals surface area contributed by atoms with Gasteiger partial charge in [-0.15, -0.1) is 0 Å². The lowest BCUT2D eigenvalue weighted by Crippen LogP contribution is -2.47. The van der Waals surface area contributed by atoms with Crippen molar-refractivity contribution in [3.8, 4) is 0 Å². The highest BCUT2D eigenvalue weighted by atomic mass is 35.5. The number of alkyl halides is 3. The van der Waals surface area contributed by atoms with E-state index >= 15 is 0 Å². The van der Waals surface area contributed by atoms with Crippen LogP contribution in [0.25, 0.3) is 0 Å². The number of nitrogens with one attached hydrogen (secondary N) is 1. The van der Waals surface area contributed by atoms with Crippen LogP contribution in [0.2, 0.25) is 5.02 Å². The standard InChI is InChI=1S/C15H16ClF3N2O2/c16-12-4-2-1-3-11(12)9-20-13(22)10-5-7-21(8-6-10)14(23)15(17,18)19/h1-4,10H,5-9H2,(H,20,22). The van der Waals surface area contributed by atoms with Crippen molar-refractivity contribution in [2.75, 3.05) is 13.1 Å². The highest BCUT2D eigenvalue weighted by Crippen LogP contribution is 2.24. The molecule has 1 fully saturated rings. The Bertz CT molecular complexity index is 584. The minimum absolute atomic E-state index is 0.0669. The van der Waals surface area contributed by atoms with Gasteiger partial charge in [0, 0.05) is 30.6 Å². The molecule has 1 aromatic carbocycles. The number of likely N-dealkylation sites (tertiary alicyclic amines) is 1. The number of hydrogen-bond donors (Lipinski definition) is 1. The summed E-state index contributed by atoms with van der Waals surface area (Å²) >= 11 is 5.99. The molecular formula is C15H16ClF3N2O2. The number of amides is 2. The second-order valence-corrected chi connectivity index (χ2v) is 5.78. The number of hydrogen-bond acceptors (Lipinski definition) is 2. The molecule has 1 aliphatic rings. The van der Waals surface area contributed by atoms with Crippen molar-refractivity contribution in [1.82, 2.24) is 10.2 Å². The minimum Gasteiger partial charge on any atom is -0.352 e. The Labute approximate surface area is 136 Å². The molecule has 126 valence electrons. The fourth-order valence-electron chi connectivity index (χ4n) is 2.49. The zero-order valence-electron chi connectivity index (χ0n) is 12.2. The molecule has 0 aliphatic carbocycles. The second kappa shape index (κ2) is 7.21. The van der Waals surface area contributed by atoms with Crippen molar-refractivity contribution in [3.05, 3.63) is 34.9 Å². The number of piperidine rings is 1. The predicted molar refractivity (Wildman–Crippen MR) is 78.7 cm³/mol. The van der Waals surface area contributed by atoms with Gasteiger partial charge in [-0.3, -0.25) is 9.59 Å². The number of rotatable bonds is 3. The molecular weight excluding hydrogens is 333 g/mol. The summed E-state index contributed by atoms with van der Waals surface area (Å²) in [5, 5.41) is 3.27. The molecule has 0 radical (unpaired) electrons. The summed E-state index contributed by atoms with van der Waals surface area (Å²) in [6.07, 6.45) is -4.43. The zero-order chi connectivity index (χ0) is 17.0. The molecule has 1 aromatic rings. The zero-order valence-corrected chi connectivity index (χ0v) is 13.0. The summed E-state index contributed by atoms with van der Waals surface area (Å²) in [6, 6.07) is 7.08. The van der Waals surface area contributed by atoms with Gasteiger partial charge in [0.25, 0.3) is 0 Å². The molecule has 0 saturated carbocycles. The molecule has 1 saturated heterocycles. The maximum atomic E-state index is 12.4. The Morgan fingerprint density at radius 1 is 1.22 bits per heavy atom. The van der Waals surface area contributed by atoms with E-state index in [9.17, 15) is 22.8 Å². The lowest BCUT2D eigenvalue weighted by atomic mass is 9.95.